The highest BCUT2D eigenvalue weighted by molar-refractivity contribution is 5.99. The van der Waals surface area contributed by atoms with Gasteiger partial charge in [-0.25, -0.2) is 4.79 Å². The van der Waals surface area contributed by atoms with Crippen molar-refractivity contribution in [2.45, 2.75) is 18.5 Å². The van der Waals surface area contributed by atoms with Gasteiger partial charge in [0.25, 0.3) is 0 Å². The Hall–Kier alpha value is -2.77. The second-order valence-electron chi connectivity index (χ2n) is 5.53. The largest absolute Gasteiger partial charge is 0.496 e. The Kier molecular flexibility index (Phi) is 4.04. The lowest BCUT2D eigenvalue weighted by Gasteiger charge is -2.44. The first-order chi connectivity index (χ1) is 11.5. The van der Waals surface area contributed by atoms with Crippen molar-refractivity contribution in [1.29, 1.82) is 0 Å². The number of hydrogen-bond donors (Lipinski definition) is 1. The summed E-state index contributed by atoms with van der Waals surface area (Å²) < 4.78 is 15.6. The number of nitrogens with one attached hydrogen (secondary N) is 1. The van der Waals surface area contributed by atoms with Crippen LogP contribution in [-0.4, -0.2) is 56.6 Å². The van der Waals surface area contributed by atoms with Crippen LogP contribution < -0.4 is 14.8 Å². The van der Waals surface area contributed by atoms with Crippen LogP contribution in [0.25, 0.3) is 0 Å². The quantitative estimate of drug-likeness (QED) is 0.770. The van der Waals surface area contributed by atoms with Crippen molar-refractivity contribution >= 4 is 17.8 Å². The lowest BCUT2D eigenvalue weighted by atomic mass is 9.85. The Morgan fingerprint density at radius 2 is 1.83 bits per heavy atom. The molecule has 0 saturated carbocycles. The molecule has 0 spiro atoms. The molecule has 0 radical (unpaired) electrons. The lowest BCUT2D eigenvalue weighted by Crippen LogP contribution is -2.62. The van der Waals surface area contributed by atoms with Crippen molar-refractivity contribution in [3.63, 3.8) is 0 Å². The molecule has 1 aromatic rings. The second-order valence-corrected chi connectivity index (χ2v) is 5.53. The summed E-state index contributed by atoms with van der Waals surface area (Å²) in [5, 5.41) is 2.55. The molecule has 0 unspecified atom stereocenters. The van der Waals surface area contributed by atoms with E-state index in [1.165, 1.54) is 26.2 Å². The maximum absolute atomic E-state index is 12.5. The third kappa shape index (κ3) is 2.26. The van der Waals surface area contributed by atoms with Crippen LogP contribution in [0.5, 0.6) is 11.5 Å². The molecule has 2 aliphatic heterocycles. The van der Waals surface area contributed by atoms with Gasteiger partial charge in [-0.05, 0) is 12.1 Å². The lowest BCUT2D eigenvalue weighted by molar-refractivity contribution is -0.161. The molecule has 2 heterocycles. The van der Waals surface area contributed by atoms with Crippen molar-refractivity contribution < 1.29 is 28.6 Å². The topological polar surface area (TPSA) is 94.2 Å². The van der Waals surface area contributed by atoms with E-state index in [-0.39, 0.29) is 24.8 Å². The van der Waals surface area contributed by atoms with E-state index in [0.29, 0.717) is 22.6 Å². The molecule has 0 aliphatic carbocycles. The smallest absolute Gasteiger partial charge is 0.333 e. The van der Waals surface area contributed by atoms with Gasteiger partial charge in [-0.1, -0.05) is 0 Å². The molecule has 2 aliphatic rings. The summed E-state index contributed by atoms with van der Waals surface area (Å²) >= 11 is 0. The summed E-state index contributed by atoms with van der Waals surface area (Å²) in [5.74, 6) is -0.302. The summed E-state index contributed by atoms with van der Waals surface area (Å²) in [6.07, 6.45) is 0.237. The van der Waals surface area contributed by atoms with E-state index in [0.717, 1.165) is 0 Å². The molecule has 0 bridgehead atoms. The molecule has 2 atom stereocenters. The summed E-state index contributed by atoms with van der Waals surface area (Å²) in [7, 11) is 4.23. The maximum atomic E-state index is 12.5. The van der Waals surface area contributed by atoms with E-state index < -0.39 is 18.1 Å². The molecule has 1 aromatic carbocycles. The van der Waals surface area contributed by atoms with E-state index in [1.54, 1.807) is 12.1 Å². The van der Waals surface area contributed by atoms with Crippen LogP contribution in [-0.2, 0) is 25.5 Å². The fourth-order valence-electron chi connectivity index (χ4n) is 3.37. The van der Waals surface area contributed by atoms with Crippen LogP contribution in [0.3, 0.4) is 0 Å². The van der Waals surface area contributed by atoms with Crippen molar-refractivity contribution in [3.8, 4) is 11.5 Å². The highest BCUT2D eigenvalue weighted by atomic mass is 16.5. The zero-order chi connectivity index (χ0) is 17.4. The zero-order valence-electron chi connectivity index (χ0n) is 13.6. The molecule has 3 rings (SSSR count). The van der Waals surface area contributed by atoms with Gasteiger partial charge in [0.15, 0.2) is 6.04 Å². The first-order valence-electron chi connectivity index (χ1n) is 7.44. The monoisotopic (exact) mass is 334 g/mol. The standard InChI is InChI=1S/C16H18N2O6/c1-22-10-4-5-11(23-2)13-8(10)6-9-15(20)17-7-12(19)18(9)14(13)16(21)24-3/h4-5,9,14H,6-7H2,1-3H3,(H,17,20)/t9-,14-/m0/s1. The summed E-state index contributed by atoms with van der Waals surface area (Å²) in [6.45, 7) is -0.148. The Morgan fingerprint density at radius 3 is 2.46 bits per heavy atom. The molecule has 2 amide bonds. The van der Waals surface area contributed by atoms with E-state index in [4.69, 9.17) is 14.2 Å². The van der Waals surface area contributed by atoms with Gasteiger partial charge in [0.05, 0.1) is 27.9 Å². The normalized spacial score (nSPS) is 22.2. The van der Waals surface area contributed by atoms with Crippen molar-refractivity contribution in [2.24, 2.45) is 0 Å². The van der Waals surface area contributed by atoms with Gasteiger partial charge in [-0.15, -0.1) is 0 Å². The number of piperazine rings is 1. The number of ether oxygens (including phenoxy) is 3. The molecule has 24 heavy (non-hydrogen) atoms. The first kappa shape index (κ1) is 16.1. The molecule has 0 aromatic heterocycles. The average molecular weight is 334 g/mol. The Balaban J connectivity index is 2.26. The number of carbonyl (C=O) groups excluding carboxylic acids is 3. The number of rotatable bonds is 3. The van der Waals surface area contributed by atoms with Crippen LogP contribution in [0, 0.1) is 0 Å². The van der Waals surface area contributed by atoms with Crippen molar-refractivity contribution in [2.75, 3.05) is 27.9 Å². The molecule has 1 N–H and O–H groups in total. The van der Waals surface area contributed by atoms with Gasteiger partial charge >= 0.3 is 5.97 Å². The van der Waals surface area contributed by atoms with E-state index in [1.807, 2.05) is 0 Å². The van der Waals surface area contributed by atoms with E-state index in [9.17, 15) is 14.4 Å². The number of amides is 2. The van der Waals surface area contributed by atoms with Gasteiger partial charge in [0.2, 0.25) is 11.8 Å². The van der Waals surface area contributed by atoms with Crippen LogP contribution in [0.2, 0.25) is 0 Å². The van der Waals surface area contributed by atoms with Crippen molar-refractivity contribution in [1.82, 2.24) is 10.2 Å². The summed E-state index contributed by atoms with van der Waals surface area (Å²) in [5.41, 5.74) is 1.17. The minimum Gasteiger partial charge on any atom is -0.496 e. The minimum absolute atomic E-state index is 0.148. The number of benzene rings is 1. The fourth-order valence-corrected chi connectivity index (χ4v) is 3.37. The number of carbonyl (C=O) groups is 3. The first-order valence-corrected chi connectivity index (χ1v) is 7.44. The molecule has 8 heteroatoms. The maximum Gasteiger partial charge on any atom is 0.333 e. The fraction of sp³-hybridized carbons (Fsp3) is 0.438. The van der Waals surface area contributed by atoms with Crippen LogP contribution in [0.1, 0.15) is 17.2 Å². The molecular formula is C16H18N2O6. The third-order valence-electron chi connectivity index (χ3n) is 4.43. The predicted molar refractivity (Wildman–Crippen MR) is 81.7 cm³/mol. The number of methoxy groups -OCH3 is 3. The Morgan fingerprint density at radius 1 is 1.17 bits per heavy atom. The average Bonchev–Trinajstić information content (AvgIpc) is 2.61. The van der Waals surface area contributed by atoms with Gasteiger partial charge < -0.3 is 24.4 Å². The van der Waals surface area contributed by atoms with Gasteiger partial charge in [0, 0.05) is 17.5 Å². The third-order valence-corrected chi connectivity index (χ3v) is 4.43. The van der Waals surface area contributed by atoms with Gasteiger partial charge in [-0.2, -0.15) is 0 Å². The van der Waals surface area contributed by atoms with E-state index in [2.05, 4.69) is 5.32 Å². The number of fused-ring (bicyclic) bond motifs is 2. The molecule has 1 fully saturated rings. The molecule has 8 nitrogen and oxygen atoms in total. The SMILES string of the molecule is COC(=O)[C@@H]1c2c(OC)ccc(OC)c2C[C@H]2C(=O)NCC(=O)N12. The Bertz CT molecular complexity index is 717. The Labute approximate surface area is 138 Å². The zero-order valence-corrected chi connectivity index (χ0v) is 13.6. The highest BCUT2D eigenvalue weighted by Gasteiger charge is 2.49. The number of hydrogen-bond acceptors (Lipinski definition) is 6. The summed E-state index contributed by atoms with van der Waals surface area (Å²) in [4.78, 5) is 38.4. The van der Waals surface area contributed by atoms with Gasteiger partial charge in [0.1, 0.15) is 17.5 Å². The predicted octanol–water partition coefficient (Wildman–Crippen LogP) is -0.199. The van der Waals surface area contributed by atoms with Gasteiger partial charge in [-0.3, -0.25) is 9.59 Å². The molecular weight excluding hydrogens is 316 g/mol. The van der Waals surface area contributed by atoms with Crippen LogP contribution in [0.4, 0.5) is 0 Å². The molecule has 1 saturated heterocycles. The summed E-state index contributed by atoms with van der Waals surface area (Å²) in [6, 6.07) is 1.54. The van der Waals surface area contributed by atoms with Crippen LogP contribution in [0.15, 0.2) is 12.1 Å². The minimum atomic E-state index is -1.05. The molecule has 128 valence electrons. The van der Waals surface area contributed by atoms with E-state index >= 15 is 0 Å². The van der Waals surface area contributed by atoms with Crippen LogP contribution >= 0.6 is 0 Å². The van der Waals surface area contributed by atoms with Crippen molar-refractivity contribution in [3.05, 3.63) is 23.3 Å². The highest BCUT2D eigenvalue weighted by Crippen LogP contribution is 2.44. The number of nitrogens with zero attached hydrogens (tertiary/aromatic N) is 1. The number of esters is 1. The second kappa shape index (κ2) is 6.03.